The number of benzene rings is 2. The first-order valence-electron chi connectivity index (χ1n) is 6.89. The highest BCUT2D eigenvalue weighted by molar-refractivity contribution is 5.54. The Bertz CT molecular complexity index is 713. The number of para-hydroxylation sites is 2. The van der Waals surface area contributed by atoms with Gasteiger partial charge in [0, 0.05) is 0 Å². The van der Waals surface area contributed by atoms with Crippen LogP contribution in [0, 0.1) is 23.3 Å². The van der Waals surface area contributed by atoms with Gasteiger partial charge in [-0.3, -0.25) is 0 Å². The van der Waals surface area contributed by atoms with Crippen LogP contribution in [0.3, 0.4) is 0 Å². The van der Waals surface area contributed by atoms with Crippen LogP contribution in [0.4, 0.5) is 17.6 Å². The number of ether oxygens (including phenoxy) is 2. The van der Waals surface area contributed by atoms with Crippen LogP contribution in [0.5, 0.6) is 17.2 Å². The Morgan fingerprint density at radius 3 is 2.00 bits per heavy atom. The molecule has 0 spiro atoms. The largest absolute Gasteiger partial charge is 0.490 e. The van der Waals surface area contributed by atoms with Gasteiger partial charge in [0.05, 0.1) is 12.2 Å². The predicted molar refractivity (Wildman–Crippen MR) is 78.7 cm³/mol. The summed E-state index contributed by atoms with van der Waals surface area (Å²) < 4.78 is 66.2. The van der Waals surface area contributed by atoms with Crippen molar-refractivity contribution in [3.8, 4) is 17.2 Å². The van der Waals surface area contributed by atoms with E-state index < -0.39 is 34.6 Å². The molecule has 23 heavy (non-hydrogen) atoms. The molecule has 0 saturated heterocycles. The number of rotatable bonds is 5. The third-order valence-corrected chi connectivity index (χ3v) is 2.95. The lowest BCUT2D eigenvalue weighted by atomic mass is 10.1. The molecule has 0 aliphatic carbocycles. The van der Waals surface area contributed by atoms with Crippen LogP contribution in [0.1, 0.15) is 19.4 Å². The summed E-state index contributed by atoms with van der Waals surface area (Å²) in [6.07, 6.45) is 2.21. The van der Waals surface area contributed by atoms with E-state index in [0.717, 1.165) is 6.08 Å². The quantitative estimate of drug-likeness (QED) is 0.536. The molecule has 0 aromatic heterocycles. The summed E-state index contributed by atoms with van der Waals surface area (Å²) in [5, 5.41) is 0. The highest BCUT2D eigenvalue weighted by Crippen LogP contribution is 2.37. The molecule has 6 heteroatoms. The van der Waals surface area contributed by atoms with Gasteiger partial charge in [-0.25, -0.2) is 8.78 Å². The molecule has 2 rings (SSSR count). The summed E-state index contributed by atoms with van der Waals surface area (Å²) in [5.41, 5.74) is -0.798. The standard InChI is InChI=1S/C17H14F4O2/c1-3-7-10-13(18)15(20)17(16(21)14(10)19)23-12-9-6-5-8-11(12)22-4-2/h3,5-9H,4H2,1-2H3/b7-3+. The van der Waals surface area contributed by atoms with Crippen molar-refractivity contribution in [2.75, 3.05) is 6.61 Å². The minimum atomic E-state index is -1.61. The van der Waals surface area contributed by atoms with E-state index in [2.05, 4.69) is 0 Å². The highest BCUT2D eigenvalue weighted by atomic mass is 19.2. The van der Waals surface area contributed by atoms with Gasteiger partial charge < -0.3 is 9.47 Å². The molecule has 2 nitrogen and oxygen atoms in total. The lowest BCUT2D eigenvalue weighted by Crippen LogP contribution is -2.04. The molecular weight excluding hydrogens is 312 g/mol. The molecule has 0 bridgehead atoms. The maximum atomic E-state index is 14.0. The van der Waals surface area contributed by atoms with Crippen molar-refractivity contribution in [2.45, 2.75) is 13.8 Å². The predicted octanol–water partition coefficient (Wildman–Crippen LogP) is 5.47. The van der Waals surface area contributed by atoms with Gasteiger partial charge in [-0.2, -0.15) is 8.78 Å². The average Bonchev–Trinajstić information content (AvgIpc) is 2.55. The van der Waals surface area contributed by atoms with Gasteiger partial charge in [-0.1, -0.05) is 24.3 Å². The zero-order valence-electron chi connectivity index (χ0n) is 12.5. The smallest absolute Gasteiger partial charge is 0.205 e. The Hall–Kier alpha value is -2.50. The third kappa shape index (κ3) is 3.31. The fourth-order valence-electron chi connectivity index (χ4n) is 1.95. The summed E-state index contributed by atoms with van der Waals surface area (Å²) in [4.78, 5) is 0. The third-order valence-electron chi connectivity index (χ3n) is 2.95. The van der Waals surface area contributed by atoms with Gasteiger partial charge in [0.1, 0.15) is 0 Å². The van der Waals surface area contributed by atoms with E-state index in [1.54, 1.807) is 13.0 Å². The zero-order valence-corrected chi connectivity index (χ0v) is 12.5. The first kappa shape index (κ1) is 16.9. The van der Waals surface area contributed by atoms with Crippen molar-refractivity contribution in [3.05, 3.63) is 59.2 Å². The summed E-state index contributed by atoms with van der Waals surface area (Å²) in [7, 11) is 0. The van der Waals surface area contributed by atoms with Gasteiger partial charge in [0.25, 0.3) is 0 Å². The average molecular weight is 326 g/mol. The summed E-state index contributed by atoms with van der Waals surface area (Å²) >= 11 is 0. The Balaban J connectivity index is 2.54. The molecule has 0 aliphatic rings. The molecule has 0 aliphatic heterocycles. The van der Waals surface area contributed by atoms with E-state index in [-0.39, 0.29) is 18.1 Å². The minimum Gasteiger partial charge on any atom is -0.490 e. The normalized spacial score (nSPS) is 11.0. The van der Waals surface area contributed by atoms with Crippen LogP contribution < -0.4 is 9.47 Å². The SMILES string of the molecule is C/C=C/c1c(F)c(F)c(Oc2ccccc2OCC)c(F)c1F. The molecule has 0 amide bonds. The van der Waals surface area contributed by atoms with Crippen molar-refractivity contribution in [2.24, 2.45) is 0 Å². The van der Waals surface area contributed by atoms with Crippen molar-refractivity contribution in [3.63, 3.8) is 0 Å². The van der Waals surface area contributed by atoms with Crippen LogP contribution in [0.15, 0.2) is 30.3 Å². The minimum absolute atomic E-state index is 0.0512. The fourth-order valence-corrected chi connectivity index (χ4v) is 1.95. The molecule has 122 valence electrons. The molecule has 0 fully saturated rings. The topological polar surface area (TPSA) is 18.5 Å². The van der Waals surface area contributed by atoms with Gasteiger partial charge in [-0.05, 0) is 26.0 Å². The van der Waals surface area contributed by atoms with Crippen LogP contribution >= 0.6 is 0 Å². The van der Waals surface area contributed by atoms with E-state index in [4.69, 9.17) is 9.47 Å². The molecular formula is C17H14F4O2. The van der Waals surface area contributed by atoms with E-state index in [1.807, 2.05) is 0 Å². The summed E-state index contributed by atoms with van der Waals surface area (Å²) in [6, 6.07) is 6.05. The molecule has 2 aromatic carbocycles. The molecule has 0 unspecified atom stereocenters. The second-order valence-corrected chi connectivity index (χ2v) is 4.48. The monoisotopic (exact) mass is 326 g/mol. The second kappa shape index (κ2) is 7.17. The first-order chi connectivity index (χ1) is 11.0. The fraction of sp³-hybridized carbons (Fsp3) is 0.176. The molecule has 2 aromatic rings. The Labute approximate surface area is 131 Å². The maximum absolute atomic E-state index is 14.0. The molecule has 0 radical (unpaired) electrons. The summed E-state index contributed by atoms with van der Waals surface area (Å²) in [6.45, 7) is 3.47. The van der Waals surface area contributed by atoms with Crippen LogP contribution in [-0.2, 0) is 0 Å². The Morgan fingerprint density at radius 1 is 0.913 bits per heavy atom. The second-order valence-electron chi connectivity index (χ2n) is 4.48. The van der Waals surface area contributed by atoms with Crippen molar-refractivity contribution >= 4 is 6.08 Å². The Kier molecular flexibility index (Phi) is 5.26. The lowest BCUT2D eigenvalue weighted by Gasteiger charge is -2.14. The number of hydrogen-bond acceptors (Lipinski definition) is 2. The van der Waals surface area contributed by atoms with Gasteiger partial charge >= 0.3 is 0 Å². The van der Waals surface area contributed by atoms with Crippen LogP contribution in [0.2, 0.25) is 0 Å². The van der Waals surface area contributed by atoms with Gasteiger partial charge in [0.15, 0.2) is 23.1 Å². The lowest BCUT2D eigenvalue weighted by molar-refractivity contribution is 0.309. The maximum Gasteiger partial charge on any atom is 0.205 e. The molecule has 0 N–H and O–H groups in total. The van der Waals surface area contributed by atoms with Gasteiger partial charge in [-0.15, -0.1) is 0 Å². The van der Waals surface area contributed by atoms with Crippen molar-refractivity contribution < 1.29 is 27.0 Å². The number of allylic oxidation sites excluding steroid dienone is 1. The molecule has 0 saturated carbocycles. The van der Waals surface area contributed by atoms with E-state index in [1.165, 1.54) is 31.2 Å². The van der Waals surface area contributed by atoms with Crippen LogP contribution in [-0.4, -0.2) is 6.61 Å². The number of hydrogen-bond donors (Lipinski definition) is 0. The number of halogens is 4. The van der Waals surface area contributed by atoms with E-state index in [9.17, 15) is 17.6 Å². The van der Waals surface area contributed by atoms with Crippen molar-refractivity contribution in [1.29, 1.82) is 0 Å². The van der Waals surface area contributed by atoms with Gasteiger partial charge in [0.2, 0.25) is 17.4 Å². The Morgan fingerprint density at radius 2 is 1.48 bits per heavy atom. The molecule has 0 heterocycles. The first-order valence-corrected chi connectivity index (χ1v) is 6.89. The zero-order chi connectivity index (χ0) is 17.0. The van der Waals surface area contributed by atoms with Crippen LogP contribution in [0.25, 0.3) is 6.08 Å². The van der Waals surface area contributed by atoms with E-state index >= 15 is 0 Å². The van der Waals surface area contributed by atoms with Crippen molar-refractivity contribution in [1.82, 2.24) is 0 Å². The molecule has 0 atom stereocenters. The summed E-state index contributed by atoms with van der Waals surface area (Å²) in [5.74, 6) is -7.26. The highest BCUT2D eigenvalue weighted by Gasteiger charge is 2.26. The van der Waals surface area contributed by atoms with E-state index in [0.29, 0.717) is 0 Å².